The molecule has 0 radical (unpaired) electrons. The molecule has 2 aromatic rings. The topological polar surface area (TPSA) is 45.2 Å². The van der Waals surface area contributed by atoms with Gasteiger partial charge in [-0.1, -0.05) is 29.8 Å². The summed E-state index contributed by atoms with van der Waals surface area (Å²) in [5.74, 6) is 0.415. The van der Waals surface area contributed by atoms with E-state index in [2.05, 4.69) is 10.3 Å². The van der Waals surface area contributed by atoms with Crippen LogP contribution in [-0.4, -0.2) is 25.0 Å². The number of nitrogens with zero attached hydrogens (tertiary/aromatic N) is 2. The molecular formula is C15H16ClN3O. The van der Waals surface area contributed by atoms with Crippen LogP contribution in [0.4, 0.5) is 11.5 Å². The van der Waals surface area contributed by atoms with Crippen molar-refractivity contribution in [2.24, 2.45) is 0 Å². The summed E-state index contributed by atoms with van der Waals surface area (Å²) < 4.78 is 0. The minimum atomic E-state index is -0.142. The predicted molar refractivity (Wildman–Crippen MR) is 82.7 cm³/mol. The number of aromatic nitrogens is 1. The number of benzene rings is 1. The third kappa shape index (κ3) is 2.75. The van der Waals surface area contributed by atoms with Gasteiger partial charge in [-0.2, -0.15) is 0 Å². The Bertz CT molecular complexity index is 643. The fourth-order valence-corrected chi connectivity index (χ4v) is 2.24. The van der Waals surface area contributed by atoms with Gasteiger partial charge in [0.2, 0.25) is 0 Å². The lowest BCUT2D eigenvalue weighted by atomic mass is 10.1. The van der Waals surface area contributed by atoms with Crippen molar-refractivity contribution in [1.82, 2.24) is 4.98 Å². The molecule has 0 bridgehead atoms. The minimum Gasteiger partial charge on any atom is -0.372 e. The van der Waals surface area contributed by atoms with Crippen molar-refractivity contribution in [3.05, 3.63) is 52.7 Å². The van der Waals surface area contributed by atoms with Gasteiger partial charge in [-0.15, -0.1) is 0 Å². The van der Waals surface area contributed by atoms with E-state index in [1.165, 1.54) is 6.20 Å². The van der Waals surface area contributed by atoms with Gasteiger partial charge in [-0.25, -0.2) is 4.98 Å². The van der Waals surface area contributed by atoms with Gasteiger partial charge >= 0.3 is 0 Å². The first-order valence-corrected chi connectivity index (χ1v) is 6.59. The van der Waals surface area contributed by atoms with Crippen molar-refractivity contribution >= 4 is 29.0 Å². The summed E-state index contributed by atoms with van der Waals surface area (Å²) in [4.78, 5) is 18.2. The first kappa shape index (κ1) is 14.3. The number of amides is 1. The molecule has 0 saturated heterocycles. The van der Waals surface area contributed by atoms with Crippen molar-refractivity contribution < 1.29 is 4.79 Å². The average molecular weight is 290 g/mol. The van der Waals surface area contributed by atoms with Gasteiger partial charge < -0.3 is 10.2 Å². The van der Waals surface area contributed by atoms with Gasteiger partial charge in [0.05, 0.1) is 10.6 Å². The highest BCUT2D eigenvalue weighted by atomic mass is 35.5. The summed E-state index contributed by atoms with van der Waals surface area (Å²) in [6.45, 7) is 1.97. The third-order valence-electron chi connectivity index (χ3n) is 3.11. The van der Waals surface area contributed by atoms with E-state index in [1.807, 2.05) is 31.2 Å². The van der Waals surface area contributed by atoms with E-state index in [0.717, 1.165) is 11.3 Å². The molecule has 0 saturated carbocycles. The first-order chi connectivity index (χ1) is 9.54. The maximum atomic E-state index is 12.5. The predicted octanol–water partition coefficient (Wildman–Crippen LogP) is 3.36. The smallest absolute Gasteiger partial charge is 0.259 e. The normalized spacial score (nSPS) is 10.2. The zero-order chi connectivity index (χ0) is 14.7. The second kappa shape index (κ2) is 5.92. The molecule has 1 N–H and O–H groups in total. The number of rotatable bonds is 3. The fraction of sp³-hybridized carbons (Fsp3) is 0.200. The van der Waals surface area contributed by atoms with E-state index in [-0.39, 0.29) is 5.91 Å². The van der Waals surface area contributed by atoms with Crippen LogP contribution in [-0.2, 0) is 0 Å². The van der Waals surface area contributed by atoms with Gasteiger partial charge in [0, 0.05) is 26.0 Å². The molecule has 0 aliphatic rings. The van der Waals surface area contributed by atoms with Crippen molar-refractivity contribution in [2.45, 2.75) is 6.92 Å². The summed E-state index contributed by atoms with van der Waals surface area (Å²) in [5.41, 5.74) is 2.36. The highest BCUT2D eigenvalue weighted by Gasteiger charge is 2.16. The molecule has 0 aliphatic carbocycles. The number of pyridine rings is 1. The number of para-hydroxylation sites is 1. The Hall–Kier alpha value is -2.07. The molecule has 0 atom stereocenters. The number of hydrogen-bond acceptors (Lipinski definition) is 3. The molecule has 4 nitrogen and oxygen atoms in total. The van der Waals surface area contributed by atoms with Crippen molar-refractivity contribution in [3.63, 3.8) is 0 Å². The van der Waals surface area contributed by atoms with Crippen LogP contribution in [0.1, 0.15) is 15.9 Å². The molecule has 0 aliphatic heterocycles. The summed E-state index contributed by atoms with van der Waals surface area (Å²) in [7, 11) is 3.47. The van der Waals surface area contributed by atoms with Gasteiger partial charge in [-0.3, -0.25) is 4.79 Å². The Morgan fingerprint density at radius 1 is 1.35 bits per heavy atom. The number of halogens is 1. The van der Waals surface area contributed by atoms with Gasteiger partial charge in [0.15, 0.2) is 0 Å². The summed E-state index contributed by atoms with van der Waals surface area (Å²) >= 11 is 6.06. The van der Waals surface area contributed by atoms with E-state index >= 15 is 0 Å². The number of carbonyl (C=O) groups is 1. The number of aryl methyl sites for hydroxylation is 1. The van der Waals surface area contributed by atoms with Crippen LogP contribution < -0.4 is 10.2 Å². The standard InChI is InChI=1S/C15H16ClN3O/c1-10-6-4-5-7-13(10)19(3)15(20)11-8-12(16)14(17-2)18-9-11/h4-9H,1-3H3,(H,17,18). The molecule has 104 valence electrons. The highest BCUT2D eigenvalue weighted by Crippen LogP contribution is 2.23. The van der Waals surface area contributed by atoms with Crippen LogP contribution in [0.3, 0.4) is 0 Å². The number of nitrogens with one attached hydrogen (secondary N) is 1. The molecule has 1 heterocycles. The van der Waals surface area contributed by atoms with Crippen LogP contribution in [0, 0.1) is 6.92 Å². The quantitative estimate of drug-likeness (QED) is 0.942. The summed E-state index contributed by atoms with van der Waals surface area (Å²) in [5, 5.41) is 3.29. The molecule has 0 fully saturated rings. The fourth-order valence-electron chi connectivity index (χ4n) is 1.98. The van der Waals surface area contributed by atoms with Crippen molar-refractivity contribution in [2.75, 3.05) is 24.3 Å². The Kier molecular flexibility index (Phi) is 4.25. The lowest BCUT2D eigenvalue weighted by Crippen LogP contribution is -2.27. The van der Waals surface area contributed by atoms with Crippen LogP contribution in [0.5, 0.6) is 0 Å². The summed E-state index contributed by atoms with van der Waals surface area (Å²) in [6, 6.07) is 9.34. The molecule has 20 heavy (non-hydrogen) atoms. The Balaban J connectivity index is 2.32. The van der Waals surface area contributed by atoms with Crippen LogP contribution in [0.2, 0.25) is 5.02 Å². The molecule has 0 unspecified atom stereocenters. The number of anilines is 2. The lowest BCUT2D eigenvalue weighted by Gasteiger charge is -2.19. The van der Waals surface area contributed by atoms with Crippen molar-refractivity contribution in [1.29, 1.82) is 0 Å². The average Bonchev–Trinajstić information content (AvgIpc) is 2.46. The minimum absolute atomic E-state index is 0.142. The first-order valence-electron chi connectivity index (χ1n) is 6.21. The summed E-state index contributed by atoms with van der Waals surface area (Å²) in [6.07, 6.45) is 1.52. The van der Waals surface area contributed by atoms with E-state index in [0.29, 0.717) is 16.4 Å². The third-order valence-corrected chi connectivity index (χ3v) is 3.39. The van der Waals surface area contributed by atoms with Crippen molar-refractivity contribution in [3.8, 4) is 0 Å². The Morgan fingerprint density at radius 3 is 2.65 bits per heavy atom. The molecule has 5 heteroatoms. The largest absolute Gasteiger partial charge is 0.372 e. The van der Waals surface area contributed by atoms with E-state index < -0.39 is 0 Å². The zero-order valence-electron chi connectivity index (χ0n) is 11.6. The maximum absolute atomic E-state index is 12.5. The maximum Gasteiger partial charge on any atom is 0.259 e. The Morgan fingerprint density at radius 2 is 2.05 bits per heavy atom. The van der Waals surface area contributed by atoms with Gasteiger partial charge in [-0.05, 0) is 24.6 Å². The highest BCUT2D eigenvalue weighted by molar-refractivity contribution is 6.33. The number of carbonyl (C=O) groups excluding carboxylic acids is 1. The molecule has 1 amide bonds. The second-order valence-corrected chi connectivity index (χ2v) is 4.86. The van der Waals surface area contributed by atoms with Crippen LogP contribution in [0.25, 0.3) is 0 Å². The monoisotopic (exact) mass is 289 g/mol. The molecule has 0 spiro atoms. The van der Waals surface area contributed by atoms with Crippen LogP contribution >= 0.6 is 11.6 Å². The van der Waals surface area contributed by atoms with Gasteiger partial charge in [0.25, 0.3) is 5.91 Å². The van der Waals surface area contributed by atoms with E-state index in [4.69, 9.17) is 11.6 Å². The van der Waals surface area contributed by atoms with E-state index in [9.17, 15) is 4.79 Å². The zero-order valence-corrected chi connectivity index (χ0v) is 12.4. The van der Waals surface area contributed by atoms with Crippen LogP contribution in [0.15, 0.2) is 36.5 Å². The van der Waals surface area contributed by atoms with E-state index in [1.54, 1.807) is 25.1 Å². The second-order valence-electron chi connectivity index (χ2n) is 4.46. The number of hydrogen-bond donors (Lipinski definition) is 1. The molecule has 1 aromatic carbocycles. The molecule has 1 aromatic heterocycles. The molecule has 2 rings (SSSR count). The van der Waals surface area contributed by atoms with Gasteiger partial charge in [0.1, 0.15) is 5.82 Å². The lowest BCUT2D eigenvalue weighted by molar-refractivity contribution is 0.0992. The SMILES string of the molecule is CNc1ncc(C(=O)N(C)c2ccccc2C)cc1Cl. The molecular weight excluding hydrogens is 274 g/mol. The Labute approximate surface area is 123 Å².